The zero-order valence-corrected chi connectivity index (χ0v) is 33.1. The van der Waals surface area contributed by atoms with E-state index in [1.54, 1.807) is 6.07 Å². The van der Waals surface area contributed by atoms with Gasteiger partial charge >= 0.3 is 6.09 Å². The summed E-state index contributed by atoms with van der Waals surface area (Å²) in [6, 6.07) is 8.84. The Morgan fingerprint density at radius 3 is 2.63 bits per heavy atom. The zero-order valence-electron chi connectivity index (χ0n) is 31.4. The first kappa shape index (κ1) is 41.2. The number of cyclic esters (lactones) is 1. The van der Waals surface area contributed by atoms with Crippen molar-refractivity contribution in [2.75, 3.05) is 19.7 Å². The van der Waals surface area contributed by atoms with Crippen molar-refractivity contribution in [2.45, 2.75) is 72.4 Å². The lowest BCUT2D eigenvalue weighted by Crippen LogP contribution is -2.59. The van der Waals surface area contributed by atoms with Crippen LogP contribution >= 0.6 is 0 Å². The summed E-state index contributed by atoms with van der Waals surface area (Å²) in [6.07, 6.45) is 6.22. The van der Waals surface area contributed by atoms with Gasteiger partial charge in [0.05, 0.1) is 23.3 Å². The summed E-state index contributed by atoms with van der Waals surface area (Å²) in [5.41, 5.74) is -1.61. The van der Waals surface area contributed by atoms with E-state index >= 15 is 0 Å². The highest BCUT2D eigenvalue weighted by Gasteiger charge is 2.62. The number of carbonyl (C=O) groups excluding carboxylic acids is 4. The quantitative estimate of drug-likeness (QED) is 0.122. The number of nitro benzene ring substituents is 1. The molecule has 2 aromatic carbocycles. The number of ether oxygens (including phenoxy) is 2. The Morgan fingerprint density at radius 1 is 1.12 bits per heavy atom. The van der Waals surface area contributed by atoms with Crippen molar-refractivity contribution in [1.82, 2.24) is 30.0 Å². The highest BCUT2D eigenvalue weighted by atomic mass is 32.2. The zero-order chi connectivity index (χ0) is 42.1. The number of fused-ring (bicyclic) bond motifs is 3. The maximum atomic E-state index is 14.6. The number of aromatic nitrogens is 1. The molecule has 1 aromatic heterocycles. The van der Waals surface area contributed by atoms with Gasteiger partial charge in [-0.15, -0.1) is 6.58 Å². The molecular weight excluding hydrogens is 811 g/mol. The van der Waals surface area contributed by atoms with Gasteiger partial charge in [0.2, 0.25) is 37.7 Å². The molecule has 2 aliphatic heterocycles. The molecule has 4 aliphatic rings. The van der Waals surface area contributed by atoms with Gasteiger partial charge in [0.25, 0.3) is 11.6 Å². The summed E-state index contributed by atoms with van der Waals surface area (Å²) in [4.78, 5) is 71.2. The molecule has 19 nitrogen and oxygen atoms in total. The number of amides is 4. The molecule has 21 heteroatoms. The van der Waals surface area contributed by atoms with Crippen LogP contribution in [0, 0.1) is 16.0 Å². The van der Waals surface area contributed by atoms with Crippen LogP contribution in [-0.4, -0.2) is 104 Å². The molecule has 59 heavy (non-hydrogen) atoms. The predicted molar refractivity (Wildman–Crippen MR) is 210 cm³/mol. The van der Waals surface area contributed by atoms with Crippen LogP contribution in [0.3, 0.4) is 0 Å². The summed E-state index contributed by atoms with van der Waals surface area (Å²) in [6.45, 7) is 2.51. The molecule has 4 amide bonds. The van der Waals surface area contributed by atoms with Gasteiger partial charge in [0.1, 0.15) is 23.7 Å². The van der Waals surface area contributed by atoms with Gasteiger partial charge in [-0.05, 0) is 61.3 Å². The molecule has 2 aliphatic carbocycles. The summed E-state index contributed by atoms with van der Waals surface area (Å²) in [5.74, 6) is -3.24. The van der Waals surface area contributed by atoms with Crippen LogP contribution in [0.2, 0.25) is 0 Å². The number of para-hydroxylation sites is 1. The van der Waals surface area contributed by atoms with E-state index in [1.807, 2.05) is 30.4 Å². The second-order valence-electron chi connectivity index (χ2n) is 14.7. The fourth-order valence-electron chi connectivity index (χ4n) is 7.18. The third kappa shape index (κ3) is 8.91. The second-order valence-corrected chi connectivity index (χ2v) is 18.4. The number of rotatable bonds is 11. The van der Waals surface area contributed by atoms with Gasteiger partial charge in [-0.25, -0.2) is 31.3 Å². The van der Waals surface area contributed by atoms with Gasteiger partial charge < -0.3 is 25.0 Å². The lowest BCUT2D eigenvalue weighted by atomic mass is 10.1. The van der Waals surface area contributed by atoms with E-state index in [2.05, 4.69) is 31.6 Å². The normalized spacial score (nSPS) is 24.8. The van der Waals surface area contributed by atoms with Crippen LogP contribution in [0.4, 0.5) is 10.5 Å². The van der Waals surface area contributed by atoms with Crippen molar-refractivity contribution in [3.63, 3.8) is 0 Å². The fourth-order valence-corrected chi connectivity index (χ4v) is 9.77. The molecule has 0 radical (unpaired) electrons. The Bertz CT molecular complexity index is 2480. The Morgan fingerprint density at radius 2 is 1.90 bits per heavy atom. The Kier molecular flexibility index (Phi) is 11.4. The van der Waals surface area contributed by atoms with Crippen LogP contribution in [0.25, 0.3) is 16.8 Å². The van der Waals surface area contributed by atoms with Crippen molar-refractivity contribution in [3.8, 4) is 5.88 Å². The number of carbonyl (C=O) groups is 4. The molecule has 3 aromatic rings. The molecule has 4 N–H and O–H groups in total. The minimum Gasteiger partial charge on any atom is -0.472 e. The largest absolute Gasteiger partial charge is 0.472 e. The van der Waals surface area contributed by atoms with Crippen molar-refractivity contribution in [1.29, 1.82) is 0 Å². The fraction of sp³-hybridized carbons (Fsp3) is 0.395. The summed E-state index contributed by atoms with van der Waals surface area (Å²) in [5, 5.41) is 17.4. The van der Waals surface area contributed by atoms with E-state index in [1.165, 1.54) is 24.4 Å². The summed E-state index contributed by atoms with van der Waals surface area (Å²) < 4.78 is 68.3. The monoisotopic (exact) mass is 851 g/mol. The first-order valence-electron chi connectivity index (χ1n) is 18.8. The van der Waals surface area contributed by atoms with E-state index in [0.29, 0.717) is 31.1 Å². The number of hydrogen-bond donors (Lipinski definition) is 4. The van der Waals surface area contributed by atoms with Crippen LogP contribution in [-0.2, 0) is 39.2 Å². The lowest BCUT2D eigenvalue weighted by Gasteiger charge is -2.29. The average molecular weight is 852 g/mol. The standard InChI is InChI=1S/C38H41N7O12S2/c1-2-25-20-38(25,36(48)43-58(52,53)27-13-14-27)42-33(46)31-19-26-22-44(31)35(47)29(21-40-59(54,55)32-10-6-5-9-30(32)45(50)51)41-37(49)56-17-7-3-4-8-23-11-12-24-15-16-39-34(57-26)28(24)18-23/h2,4-6,8-12,15-16,18,25-27,29,31,40H,1,3,7,13-14,17,19-22H2,(H,41,49)(H,42,46)(H,43,48)/t25-,26-,29+,31+,38-/m1/s1. The number of allylic oxidation sites excluding steroid dienone is 1. The third-order valence-corrected chi connectivity index (χ3v) is 13.9. The number of sulfonamides is 2. The van der Waals surface area contributed by atoms with Crippen molar-refractivity contribution in [2.24, 2.45) is 5.92 Å². The molecule has 1 saturated heterocycles. The van der Waals surface area contributed by atoms with E-state index in [-0.39, 0.29) is 31.9 Å². The third-order valence-electron chi connectivity index (χ3n) is 10.6. The predicted octanol–water partition coefficient (Wildman–Crippen LogP) is 2.04. The molecule has 0 spiro atoms. The number of hydrogen-bond acceptors (Lipinski definition) is 13. The summed E-state index contributed by atoms with van der Waals surface area (Å²) >= 11 is 0. The molecule has 5 atom stereocenters. The van der Waals surface area contributed by atoms with Crippen molar-refractivity contribution >= 4 is 66.4 Å². The minimum absolute atomic E-state index is 0.0228. The smallest absolute Gasteiger partial charge is 0.407 e. The first-order valence-corrected chi connectivity index (χ1v) is 21.8. The number of nitrogens with zero attached hydrogens (tertiary/aromatic N) is 3. The highest BCUT2D eigenvalue weighted by molar-refractivity contribution is 7.91. The molecule has 3 fully saturated rings. The van der Waals surface area contributed by atoms with Crippen LogP contribution in [0.1, 0.15) is 44.1 Å². The van der Waals surface area contributed by atoms with Crippen LogP contribution in [0.15, 0.2) is 78.4 Å². The van der Waals surface area contributed by atoms with E-state index < -0.39 is 101 Å². The number of benzene rings is 2. The topological polar surface area (TPSA) is 262 Å². The number of pyridine rings is 1. The highest BCUT2D eigenvalue weighted by Crippen LogP contribution is 2.45. The maximum Gasteiger partial charge on any atom is 0.407 e. The van der Waals surface area contributed by atoms with E-state index in [9.17, 15) is 46.1 Å². The van der Waals surface area contributed by atoms with Crippen molar-refractivity contribution in [3.05, 3.63) is 89.1 Å². The van der Waals surface area contributed by atoms with Gasteiger partial charge in [-0.1, -0.05) is 42.5 Å². The SMILES string of the molecule is C=C[C@@H]1C[C@]1(NC(=O)[C@@H]1C[C@@H]2CN1C(=O)[C@H](CNS(=O)(=O)c1ccccc1[N+](=O)[O-])NC(=O)OCCCC=Cc1ccc3ccnc(c3c1)O2)C(=O)NS(=O)(=O)C1CC1. The Labute approximate surface area is 338 Å². The molecule has 7 rings (SSSR count). The number of nitro groups is 1. The molecule has 3 heterocycles. The van der Waals surface area contributed by atoms with Crippen LogP contribution < -0.4 is 24.8 Å². The molecule has 312 valence electrons. The molecular formula is C38H41N7O12S2. The van der Waals surface area contributed by atoms with Gasteiger partial charge in [-0.3, -0.25) is 29.2 Å². The molecule has 4 bridgehead atoms. The number of alkyl carbamates (subject to hydrolysis) is 1. The average Bonchev–Trinajstić information content (AvgIpc) is 4.14. The summed E-state index contributed by atoms with van der Waals surface area (Å²) in [7, 11) is -8.68. The lowest BCUT2D eigenvalue weighted by molar-refractivity contribution is -0.387. The second kappa shape index (κ2) is 16.4. The molecule has 2 saturated carbocycles. The van der Waals surface area contributed by atoms with Gasteiger partial charge in [0, 0.05) is 36.5 Å². The van der Waals surface area contributed by atoms with Crippen molar-refractivity contribution < 1.29 is 50.4 Å². The van der Waals surface area contributed by atoms with E-state index in [4.69, 9.17) is 9.47 Å². The minimum atomic E-state index is -4.67. The number of nitrogens with one attached hydrogen (secondary N) is 4. The molecule has 0 unspecified atom stereocenters. The van der Waals surface area contributed by atoms with Crippen LogP contribution in [0.5, 0.6) is 5.88 Å². The first-order chi connectivity index (χ1) is 28.1. The van der Waals surface area contributed by atoms with Gasteiger partial charge in [-0.2, -0.15) is 0 Å². The maximum absolute atomic E-state index is 14.6. The Hall–Kier alpha value is -5.93. The van der Waals surface area contributed by atoms with Gasteiger partial charge in [0.15, 0.2) is 4.90 Å². The van der Waals surface area contributed by atoms with E-state index in [0.717, 1.165) is 28.0 Å². The Balaban J connectivity index is 1.22.